The van der Waals surface area contributed by atoms with Crippen molar-refractivity contribution in [3.63, 3.8) is 0 Å². The molecule has 0 saturated carbocycles. The molecule has 0 aliphatic carbocycles. The number of nitrogens with one attached hydrogen (secondary N) is 2. The number of aromatic nitrogens is 7. The lowest BCUT2D eigenvalue weighted by Crippen LogP contribution is -2.34. The van der Waals surface area contributed by atoms with Crippen LogP contribution in [0.5, 0.6) is 0 Å². The zero-order chi connectivity index (χ0) is 29.3. The molecule has 4 aromatic rings. The summed E-state index contributed by atoms with van der Waals surface area (Å²) in [6.45, 7) is -4.72. The summed E-state index contributed by atoms with van der Waals surface area (Å²) < 4.78 is 62.8. The van der Waals surface area contributed by atoms with Crippen molar-refractivity contribution in [3.05, 3.63) is 45.6 Å². The lowest BCUT2D eigenvalue weighted by Gasteiger charge is -2.27. The van der Waals surface area contributed by atoms with E-state index in [2.05, 4.69) is 24.9 Å². The summed E-state index contributed by atoms with van der Waals surface area (Å²) in [7, 11) is 0. The molecule has 3 saturated heterocycles. The number of nitrogens with two attached hydrogens (primary N) is 1. The van der Waals surface area contributed by atoms with Crippen molar-refractivity contribution < 1.29 is 36.9 Å². The highest BCUT2D eigenvalue weighted by Gasteiger charge is 2.52. The molecule has 0 amide bonds. The van der Waals surface area contributed by atoms with Crippen LogP contribution in [0.3, 0.4) is 0 Å². The van der Waals surface area contributed by atoms with Gasteiger partial charge in [-0.2, -0.15) is 4.98 Å². The molecule has 224 valence electrons. The number of fused-ring (bicyclic) bond motifs is 5. The van der Waals surface area contributed by atoms with Crippen molar-refractivity contribution in [1.29, 1.82) is 0 Å². The summed E-state index contributed by atoms with van der Waals surface area (Å²) >= 11 is 5.18. The van der Waals surface area contributed by atoms with E-state index in [1.165, 1.54) is 34.1 Å². The lowest BCUT2D eigenvalue weighted by atomic mass is 9.96. The fourth-order valence-electron chi connectivity index (χ4n) is 5.56. The van der Waals surface area contributed by atoms with Crippen molar-refractivity contribution >= 4 is 46.7 Å². The molecule has 7 rings (SSSR count). The van der Waals surface area contributed by atoms with Crippen LogP contribution in [0.1, 0.15) is 18.9 Å². The number of halogens is 2. The monoisotopic (exact) mass is 628 g/mol. The first-order valence-corrected chi connectivity index (χ1v) is 15.3. The van der Waals surface area contributed by atoms with E-state index in [0.29, 0.717) is 0 Å². The van der Waals surface area contributed by atoms with Gasteiger partial charge >= 0.3 is 6.72 Å². The molecule has 4 aromatic heterocycles. The molecule has 16 nitrogen and oxygen atoms in total. The Morgan fingerprint density at radius 2 is 1.95 bits per heavy atom. The van der Waals surface area contributed by atoms with Gasteiger partial charge in [0.2, 0.25) is 5.95 Å². The first-order valence-electron chi connectivity index (χ1n) is 12.7. The first-order chi connectivity index (χ1) is 20.1. The minimum absolute atomic E-state index is 0.0255. The van der Waals surface area contributed by atoms with E-state index in [9.17, 15) is 14.5 Å². The van der Waals surface area contributed by atoms with E-state index in [-0.39, 0.29) is 47.8 Å². The number of imidazole rings is 1. The zero-order valence-electron chi connectivity index (χ0n) is 21.3. The van der Waals surface area contributed by atoms with Gasteiger partial charge in [0.05, 0.1) is 37.4 Å². The summed E-state index contributed by atoms with van der Waals surface area (Å²) in [6.07, 6.45) is -6.21. The van der Waals surface area contributed by atoms with E-state index < -0.39 is 67.1 Å². The third-order valence-corrected chi connectivity index (χ3v) is 9.06. The molecule has 20 heteroatoms. The van der Waals surface area contributed by atoms with Crippen LogP contribution < -0.4 is 16.9 Å². The highest BCUT2D eigenvalue weighted by atomic mass is 32.5. The molecule has 5 N–H and O–H groups in total. The molecule has 2 bridgehead atoms. The molecule has 0 radical (unpaired) electrons. The summed E-state index contributed by atoms with van der Waals surface area (Å²) in [5.74, 6) is -1.05. The largest absolute Gasteiger partial charge is 0.369 e. The standard InChI is InChI=1S/C22H23F2N8O8PS/c23-11-8-2-4-36-21-12(24)14(20(39-21)32-7-28-13-16(32)29-22(25)30-18(13)34)40-41(35,42)37-5-10(8)38-19(11)31-3-1-9-15(31)26-6-27-17(9)33/h1,3,6-8,10-12,14,19-21H,2,4-5H2,(H,35,42)(H,26,27,33)(H3,25,29,30,34)/t8-,10-,11+,12+,14-,19-,20-,21?,41?/m1/s1. The Morgan fingerprint density at radius 3 is 2.79 bits per heavy atom. The second kappa shape index (κ2) is 10.2. The molecule has 3 aliphatic heterocycles. The summed E-state index contributed by atoms with van der Waals surface area (Å²) in [4.78, 5) is 52.3. The van der Waals surface area contributed by atoms with E-state index in [1.807, 2.05) is 0 Å². The van der Waals surface area contributed by atoms with Gasteiger partial charge in [-0.3, -0.25) is 23.7 Å². The van der Waals surface area contributed by atoms with Gasteiger partial charge in [0.15, 0.2) is 42.3 Å². The van der Waals surface area contributed by atoms with Gasteiger partial charge < -0.3 is 38.9 Å². The van der Waals surface area contributed by atoms with E-state index in [4.69, 9.17) is 40.8 Å². The summed E-state index contributed by atoms with van der Waals surface area (Å²) in [5, 5.41) is 0.253. The SMILES string of the molecule is Nc1nc2c(ncn2[C@@H]2OC3OCC[C@H]4[C@H](F)[C@H](n5ccc6c(=O)[nH]cnc65)O[C@@H]4COP(O)(=S)O[C@@H]2[C@@H]3F)c(=O)[nH]1. The molecule has 3 aliphatic rings. The van der Waals surface area contributed by atoms with Crippen molar-refractivity contribution in [2.45, 2.75) is 49.7 Å². The molecule has 2 unspecified atom stereocenters. The number of hydrogen-bond acceptors (Lipinski definition) is 12. The lowest BCUT2D eigenvalue weighted by molar-refractivity contribution is -0.168. The zero-order valence-corrected chi connectivity index (χ0v) is 23.0. The number of anilines is 1. The number of H-pyrrole nitrogens is 2. The Kier molecular flexibility index (Phi) is 6.74. The second-order valence-corrected chi connectivity index (χ2v) is 12.8. The van der Waals surface area contributed by atoms with E-state index >= 15 is 8.78 Å². The van der Waals surface area contributed by atoms with Crippen LogP contribution in [0.25, 0.3) is 22.2 Å². The molecule has 0 spiro atoms. The average Bonchev–Trinajstić information content (AvgIpc) is 3.69. The Labute approximate surface area is 238 Å². The molecule has 3 fully saturated rings. The number of ether oxygens (including phenoxy) is 3. The fraction of sp³-hybridized carbons (Fsp3) is 0.500. The third kappa shape index (κ3) is 4.56. The van der Waals surface area contributed by atoms with Crippen molar-refractivity contribution in [3.8, 4) is 0 Å². The van der Waals surface area contributed by atoms with Gasteiger partial charge in [-0.15, -0.1) is 0 Å². The molecule has 7 heterocycles. The van der Waals surface area contributed by atoms with Crippen LogP contribution >= 0.6 is 6.72 Å². The third-order valence-electron chi connectivity index (χ3n) is 7.51. The fourth-order valence-corrected chi connectivity index (χ4v) is 6.96. The van der Waals surface area contributed by atoms with Crippen LogP contribution in [0, 0.1) is 5.92 Å². The predicted molar refractivity (Wildman–Crippen MR) is 142 cm³/mol. The van der Waals surface area contributed by atoms with Gasteiger partial charge in [-0.25, -0.2) is 18.7 Å². The van der Waals surface area contributed by atoms with E-state index in [1.54, 1.807) is 0 Å². The van der Waals surface area contributed by atoms with Crippen LogP contribution in [0.15, 0.2) is 34.5 Å². The molecule has 0 aromatic carbocycles. The number of nitrogen functional groups attached to an aromatic ring is 1. The van der Waals surface area contributed by atoms with Crippen LogP contribution in [-0.4, -0.2) is 83.0 Å². The molecular weight excluding hydrogens is 605 g/mol. The Bertz CT molecular complexity index is 1830. The van der Waals surface area contributed by atoms with Crippen molar-refractivity contribution in [2.24, 2.45) is 5.92 Å². The highest BCUT2D eigenvalue weighted by Crippen LogP contribution is 2.52. The maximum Gasteiger partial charge on any atom is 0.325 e. The van der Waals surface area contributed by atoms with Crippen LogP contribution in [0.2, 0.25) is 0 Å². The number of alkyl halides is 2. The van der Waals surface area contributed by atoms with Gasteiger partial charge in [-0.1, -0.05) is 0 Å². The van der Waals surface area contributed by atoms with Crippen molar-refractivity contribution in [1.82, 2.24) is 34.1 Å². The maximum atomic E-state index is 15.9. The van der Waals surface area contributed by atoms with E-state index in [0.717, 1.165) is 0 Å². The topological polar surface area (TPSA) is 207 Å². The summed E-state index contributed by atoms with van der Waals surface area (Å²) in [5.41, 5.74) is 4.76. The summed E-state index contributed by atoms with van der Waals surface area (Å²) in [6, 6.07) is 1.50. The maximum absolute atomic E-state index is 15.9. The van der Waals surface area contributed by atoms with Gasteiger partial charge in [0.25, 0.3) is 11.1 Å². The highest BCUT2D eigenvalue weighted by molar-refractivity contribution is 8.07. The number of aromatic amines is 2. The number of nitrogens with zero attached hydrogens (tertiary/aromatic N) is 5. The second-order valence-electron chi connectivity index (χ2n) is 9.97. The normalized spacial score (nSPS) is 35.7. The molecular formula is C22H23F2N8O8PS. The predicted octanol–water partition coefficient (Wildman–Crippen LogP) is 0.524. The van der Waals surface area contributed by atoms with Gasteiger partial charge in [0.1, 0.15) is 11.8 Å². The smallest absolute Gasteiger partial charge is 0.325 e. The first kappa shape index (κ1) is 27.7. The molecule has 42 heavy (non-hydrogen) atoms. The Morgan fingerprint density at radius 1 is 1.12 bits per heavy atom. The van der Waals surface area contributed by atoms with Gasteiger partial charge in [0, 0.05) is 12.1 Å². The van der Waals surface area contributed by atoms with Gasteiger partial charge in [-0.05, 0) is 24.3 Å². The molecule has 9 atom stereocenters. The average molecular weight is 629 g/mol. The minimum atomic E-state index is -4.19. The number of rotatable bonds is 2. The Hall–Kier alpha value is -3.16. The van der Waals surface area contributed by atoms with Crippen molar-refractivity contribution in [2.75, 3.05) is 18.9 Å². The minimum Gasteiger partial charge on any atom is -0.369 e. The number of hydrogen-bond donors (Lipinski definition) is 4. The quantitative estimate of drug-likeness (QED) is 0.224. The Balaban J connectivity index is 1.17. The van der Waals surface area contributed by atoms with Crippen LogP contribution in [0.4, 0.5) is 14.7 Å². The van der Waals surface area contributed by atoms with Crippen LogP contribution in [-0.2, 0) is 35.1 Å².